The lowest BCUT2D eigenvalue weighted by atomic mass is 9.87. The van der Waals surface area contributed by atoms with Gasteiger partial charge in [0.25, 0.3) is 0 Å². The highest BCUT2D eigenvalue weighted by Crippen LogP contribution is 2.33. The second kappa shape index (κ2) is 6.42. The third-order valence-electron chi connectivity index (χ3n) is 4.53. The van der Waals surface area contributed by atoms with Gasteiger partial charge in [-0.25, -0.2) is 0 Å². The second-order valence-corrected chi connectivity index (χ2v) is 5.92. The van der Waals surface area contributed by atoms with Gasteiger partial charge >= 0.3 is 0 Å². The Bertz CT molecular complexity index is 734. The summed E-state index contributed by atoms with van der Waals surface area (Å²) in [5.41, 5.74) is 0.988. The molecule has 0 saturated heterocycles. The zero-order valence-electron chi connectivity index (χ0n) is 13.2. The number of aliphatic hydroxyl groups excluding tert-OH is 1. The van der Waals surface area contributed by atoms with Crippen molar-refractivity contribution in [3.8, 4) is 5.75 Å². The van der Waals surface area contributed by atoms with Crippen molar-refractivity contribution in [3.05, 3.63) is 54.6 Å². The fourth-order valence-corrected chi connectivity index (χ4v) is 3.16. The van der Waals surface area contributed by atoms with E-state index in [9.17, 15) is 9.90 Å². The van der Waals surface area contributed by atoms with Crippen LogP contribution in [-0.4, -0.2) is 35.2 Å². The van der Waals surface area contributed by atoms with Crippen molar-refractivity contribution in [2.45, 2.75) is 31.5 Å². The number of amides is 1. The van der Waals surface area contributed by atoms with Crippen LogP contribution < -0.4 is 4.74 Å². The Hall–Kier alpha value is -2.33. The fourth-order valence-electron chi connectivity index (χ4n) is 3.16. The second-order valence-electron chi connectivity index (χ2n) is 5.92. The molecule has 1 fully saturated rings. The molecule has 1 amide bonds. The first-order valence-corrected chi connectivity index (χ1v) is 7.79. The molecule has 0 spiro atoms. The monoisotopic (exact) mass is 311 g/mol. The molecular weight excluding hydrogens is 290 g/mol. The SMILES string of the molecule is C=CC(=O)N(Cc1c(OC)ccc2ccccc12)C1CC(O)C1. The highest BCUT2D eigenvalue weighted by Gasteiger charge is 2.34. The molecule has 0 bridgehead atoms. The molecule has 0 aliphatic heterocycles. The molecule has 0 heterocycles. The summed E-state index contributed by atoms with van der Waals surface area (Å²) in [5.74, 6) is 0.655. The van der Waals surface area contributed by atoms with Crippen LogP contribution in [0.1, 0.15) is 18.4 Å². The normalized spacial score (nSPS) is 19.9. The zero-order valence-corrected chi connectivity index (χ0v) is 13.2. The van der Waals surface area contributed by atoms with Crippen molar-refractivity contribution in [3.63, 3.8) is 0 Å². The van der Waals surface area contributed by atoms with Gasteiger partial charge in [-0.1, -0.05) is 36.9 Å². The summed E-state index contributed by atoms with van der Waals surface area (Å²) in [7, 11) is 1.64. The summed E-state index contributed by atoms with van der Waals surface area (Å²) in [6.45, 7) is 4.05. The number of hydrogen-bond acceptors (Lipinski definition) is 3. The van der Waals surface area contributed by atoms with E-state index >= 15 is 0 Å². The van der Waals surface area contributed by atoms with Crippen molar-refractivity contribution in [1.82, 2.24) is 4.90 Å². The van der Waals surface area contributed by atoms with Gasteiger partial charge in [0.1, 0.15) is 5.75 Å². The predicted molar refractivity (Wildman–Crippen MR) is 90.3 cm³/mol. The van der Waals surface area contributed by atoms with E-state index in [0.717, 1.165) is 22.1 Å². The van der Waals surface area contributed by atoms with Gasteiger partial charge in [0.2, 0.25) is 5.91 Å². The lowest BCUT2D eigenvalue weighted by Gasteiger charge is -2.40. The largest absolute Gasteiger partial charge is 0.496 e. The van der Waals surface area contributed by atoms with E-state index in [-0.39, 0.29) is 18.1 Å². The van der Waals surface area contributed by atoms with E-state index < -0.39 is 0 Å². The number of aliphatic hydroxyl groups is 1. The quantitative estimate of drug-likeness (QED) is 0.864. The summed E-state index contributed by atoms with van der Waals surface area (Å²) in [6, 6.07) is 12.1. The molecule has 3 rings (SSSR count). The topological polar surface area (TPSA) is 49.8 Å². The molecule has 0 radical (unpaired) electrons. The summed E-state index contributed by atoms with van der Waals surface area (Å²) < 4.78 is 5.51. The molecule has 2 aromatic rings. The fraction of sp³-hybridized carbons (Fsp3) is 0.316. The molecular formula is C19H21NO3. The van der Waals surface area contributed by atoms with Crippen LogP contribution in [0.5, 0.6) is 5.75 Å². The molecule has 1 aliphatic rings. The van der Waals surface area contributed by atoms with Crippen LogP contribution >= 0.6 is 0 Å². The van der Waals surface area contributed by atoms with Crippen molar-refractivity contribution >= 4 is 16.7 Å². The van der Waals surface area contributed by atoms with Gasteiger partial charge in [-0.05, 0) is 35.8 Å². The average molecular weight is 311 g/mol. The summed E-state index contributed by atoms with van der Waals surface area (Å²) >= 11 is 0. The number of hydrogen-bond donors (Lipinski definition) is 1. The standard InChI is InChI=1S/C19H21NO3/c1-3-19(22)20(14-10-15(21)11-14)12-17-16-7-5-4-6-13(16)8-9-18(17)23-2/h3-9,14-15,21H,1,10-12H2,2H3. The molecule has 1 N–H and O–H groups in total. The van der Waals surface area contributed by atoms with Crippen LogP contribution in [0.25, 0.3) is 10.8 Å². The molecule has 4 heteroatoms. The molecule has 23 heavy (non-hydrogen) atoms. The zero-order chi connectivity index (χ0) is 16.4. The number of fused-ring (bicyclic) bond motifs is 1. The molecule has 0 atom stereocenters. The smallest absolute Gasteiger partial charge is 0.246 e. The third kappa shape index (κ3) is 2.94. The Morgan fingerprint density at radius 2 is 2.09 bits per heavy atom. The predicted octanol–water partition coefficient (Wildman–Crippen LogP) is 2.89. The van der Waals surface area contributed by atoms with Gasteiger partial charge in [0.05, 0.1) is 19.8 Å². The molecule has 4 nitrogen and oxygen atoms in total. The maximum Gasteiger partial charge on any atom is 0.246 e. The van der Waals surface area contributed by atoms with E-state index in [1.54, 1.807) is 12.0 Å². The Morgan fingerprint density at radius 3 is 2.74 bits per heavy atom. The summed E-state index contributed by atoms with van der Waals surface area (Å²) in [4.78, 5) is 14.1. The van der Waals surface area contributed by atoms with Crippen LogP contribution in [0, 0.1) is 0 Å². The van der Waals surface area contributed by atoms with Crippen LogP contribution in [0.15, 0.2) is 49.1 Å². The lowest BCUT2D eigenvalue weighted by Crippen LogP contribution is -2.49. The third-order valence-corrected chi connectivity index (χ3v) is 4.53. The minimum atomic E-state index is -0.311. The number of nitrogens with zero attached hydrogens (tertiary/aromatic N) is 1. The van der Waals surface area contributed by atoms with Gasteiger partial charge in [-0.2, -0.15) is 0 Å². The van der Waals surface area contributed by atoms with E-state index in [4.69, 9.17) is 4.74 Å². The first-order valence-electron chi connectivity index (χ1n) is 7.79. The van der Waals surface area contributed by atoms with Gasteiger partial charge in [-0.15, -0.1) is 0 Å². The van der Waals surface area contributed by atoms with Gasteiger partial charge in [-0.3, -0.25) is 4.79 Å². The number of methoxy groups -OCH3 is 1. The maximum atomic E-state index is 12.3. The molecule has 1 saturated carbocycles. The van der Waals surface area contributed by atoms with Gasteiger partial charge in [0.15, 0.2) is 0 Å². The molecule has 0 unspecified atom stereocenters. The van der Waals surface area contributed by atoms with Crippen LogP contribution in [0.2, 0.25) is 0 Å². The van der Waals surface area contributed by atoms with Crippen LogP contribution in [-0.2, 0) is 11.3 Å². The summed E-state index contributed by atoms with van der Waals surface area (Å²) in [6.07, 6.45) is 2.26. The van der Waals surface area contributed by atoms with Crippen LogP contribution in [0.3, 0.4) is 0 Å². The molecule has 1 aliphatic carbocycles. The number of carbonyl (C=O) groups excluding carboxylic acids is 1. The van der Waals surface area contributed by atoms with E-state index in [0.29, 0.717) is 19.4 Å². The minimum Gasteiger partial charge on any atom is -0.496 e. The number of ether oxygens (including phenoxy) is 1. The first kappa shape index (κ1) is 15.6. The van der Waals surface area contributed by atoms with Crippen molar-refractivity contribution in [2.24, 2.45) is 0 Å². The van der Waals surface area contributed by atoms with E-state index in [2.05, 4.69) is 6.58 Å². The number of carbonyl (C=O) groups is 1. The van der Waals surface area contributed by atoms with Crippen molar-refractivity contribution in [2.75, 3.05) is 7.11 Å². The Morgan fingerprint density at radius 1 is 1.35 bits per heavy atom. The van der Waals surface area contributed by atoms with E-state index in [1.165, 1.54) is 6.08 Å². The van der Waals surface area contributed by atoms with Crippen molar-refractivity contribution in [1.29, 1.82) is 0 Å². The number of benzene rings is 2. The van der Waals surface area contributed by atoms with Crippen molar-refractivity contribution < 1.29 is 14.6 Å². The van der Waals surface area contributed by atoms with Gasteiger partial charge in [0, 0.05) is 11.6 Å². The summed E-state index contributed by atoms with van der Waals surface area (Å²) in [5, 5.41) is 11.8. The maximum absolute atomic E-state index is 12.3. The minimum absolute atomic E-state index is 0.0548. The Balaban J connectivity index is 2.00. The molecule has 120 valence electrons. The highest BCUT2D eigenvalue weighted by atomic mass is 16.5. The Kier molecular flexibility index (Phi) is 4.35. The lowest BCUT2D eigenvalue weighted by molar-refractivity contribution is -0.133. The van der Waals surface area contributed by atoms with Crippen LogP contribution in [0.4, 0.5) is 0 Å². The number of rotatable bonds is 5. The molecule has 0 aromatic heterocycles. The highest BCUT2D eigenvalue weighted by molar-refractivity contribution is 5.90. The Labute approximate surface area is 136 Å². The van der Waals surface area contributed by atoms with E-state index in [1.807, 2.05) is 36.4 Å². The molecule has 2 aromatic carbocycles. The average Bonchev–Trinajstić information content (AvgIpc) is 2.56. The first-order chi connectivity index (χ1) is 11.1. The van der Waals surface area contributed by atoms with Gasteiger partial charge < -0.3 is 14.7 Å².